The molecular weight excluding hydrogens is 395 g/mol. The van der Waals surface area contributed by atoms with Crippen LogP contribution < -0.4 is 10.1 Å². The molecule has 0 spiro atoms. The van der Waals surface area contributed by atoms with E-state index in [9.17, 15) is 26.7 Å². The number of alkyl halides is 3. The van der Waals surface area contributed by atoms with E-state index in [0.717, 1.165) is 12.1 Å². The van der Waals surface area contributed by atoms with E-state index >= 15 is 0 Å². The van der Waals surface area contributed by atoms with Gasteiger partial charge in [-0.2, -0.15) is 13.2 Å². The van der Waals surface area contributed by atoms with Crippen LogP contribution in [-0.2, 0) is 10.3 Å². The lowest BCUT2D eigenvalue weighted by molar-refractivity contribution is -0.154. The summed E-state index contributed by atoms with van der Waals surface area (Å²) in [5, 5.41) is 2.84. The Morgan fingerprint density at radius 1 is 1.24 bits per heavy atom. The van der Waals surface area contributed by atoms with Crippen LogP contribution in [-0.4, -0.2) is 23.7 Å². The average Bonchev–Trinajstić information content (AvgIpc) is 3.40. The third-order valence-electron chi connectivity index (χ3n) is 4.71. The van der Waals surface area contributed by atoms with Gasteiger partial charge in [-0.05, 0) is 36.5 Å². The van der Waals surface area contributed by atoms with E-state index in [4.69, 9.17) is 0 Å². The lowest BCUT2D eigenvalue weighted by Crippen LogP contribution is -2.36. The molecule has 1 heterocycles. The molecule has 1 atom stereocenters. The number of ether oxygens (including phenoxy) is 1. The van der Waals surface area contributed by atoms with E-state index in [1.54, 1.807) is 13.0 Å². The summed E-state index contributed by atoms with van der Waals surface area (Å²) < 4.78 is 68.5. The average molecular weight is 414 g/mol. The van der Waals surface area contributed by atoms with Crippen molar-refractivity contribution in [3.63, 3.8) is 0 Å². The van der Waals surface area contributed by atoms with Gasteiger partial charge >= 0.3 is 6.18 Å². The normalized spacial score (nSPS) is 16.2. The van der Waals surface area contributed by atoms with Gasteiger partial charge in [0.25, 0.3) is 0 Å². The van der Waals surface area contributed by atoms with Crippen LogP contribution in [0.1, 0.15) is 43.4 Å². The zero-order valence-electron chi connectivity index (χ0n) is 15.5. The maximum atomic E-state index is 13.9. The summed E-state index contributed by atoms with van der Waals surface area (Å²) >= 11 is 0. The number of hydrogen-bond donors (Lipinski definition) is 1. The van der Waals surface area contributed by atoms with Gasteiger partial charge in [-0.25, -0.2) is 13.8 Å². The van der Waals surface area contributed by atoms with Crippen LogP contribution in [0.5, 0.6) is 5.88 Å². The van der Waals surface area contributed by atoms with Gasteiger partial charge in [0.2, 0.25) is 11.8 Å². The summed E-state index contributed by atoms with van der Waals surface area (Å²) in [6.07, 6.45) is -3.36. The topological polar surface area (TPSA) is 51.2 Å². The zero-order chi connectivity index (χ0) is 21.2. The number of pyridine rings is 1. The van der Waals surface area contributed by atoms with Crippen LogP contribution in [0.4, 0.5) is 22.0 Å². The molecule has 29 heavy (non-hydrogen) atoms. The van der Waals surface area contributed by atoms with E-state index in [2.05, 4.69) is 15.0 Å². The fourth-order valence-electron chi connectivity index (χ4n) is 3.09. The van der Waals surface area contributed by atoms with Crippen LogP contribution in [0.25, 0.3) is 0 Å². The fraction of sp³-hybridized carbons (Fsp3) is 0.400. The lowest BCUT2D eigenvalue weighted by atomic mass is 9.96. The lowest BCUT2D eigenvalue weighted by Gasteiger charge is -2.20. The number of halogens is 5. The summed E-state index contributed by atoms with van der Waals surface area (Å²) in [5.41, 5.74) is -0.131. The molecular formula is C20H19F5N2O2. The molecule has 3 rings (SSSR count). The van der Waals surface area contributed by atoms with Gasteiger partial charge in [-0.3, -0.25) is 4.79 Å². The number of carbonyl (C=O) groups is 1. The molecule has 1 N–H and O–H groups in total. The molecule has 0 radical (unpaired) electrons. The van der Waals surface area contributed by atoms with Gasteiger partial charge in [0, 0.05) is 18.6 Å². The van der Waals surface area contributed by atoms with Crippen molar-refractivity contribution >= 4 is 5.91 Å². The van der Waals surface area contributed by atoms with E-state index in [1.807, 2.05) is 0 Å². The van der Waals surface area contributed by atoms with Gasteiger partial charge in [0.15, 0.2) is 6.61 Å². The van der Waals surface area contributed by atoms with Gasteiger partial charge in [0.1, 0.15) is 11.6 Å². The Bertz CT molecular complexity index is 897. The molecule has 4 nitrogen and oxygen atoms in total. The molecule has 156 valence electrons. The second kappa shape index (κ2) is 7.96. The standard InChI is InChI=1S/C20H19F5N2O2/c1-12(14-6-5-13(21)10-15(14)22)9-17(28)27-19(7-8-19)16-3-2-4-18(26-16)29-11-20(23,24)25/h2-6,10,12H,7-9,11H2,1H3,(H,27,28). The number of hydrogen-bond acceptors (Lipinski definition) is 3. The second-order valence-electron chi connectivity index (χ2n) is 7.17. The van der Waals surface area contributed by atoms with Crippen molar-refractivity contribution in [3.05, 3.63) is 59.3 Å². The first kappa shape index (κ1) is 21.0. The van der Waals surface area contributed by atoms with Crippen molar-refractivity contribution in [2.45, 2.75) is 43.8 Å². The van der Waals surface area contributed by atoms with E-state index in [1.165, 1.54) is 18.2 Å². The SMILES string of the molecule is CC(CC(=O)NC1(c2cccc(OCC(F)(F)F)n2)CC1)c1ccc(F)cc1F. The predicted octanol–water partition coefficient (Wildman–Crippen LogP) is 4.60. The first-order valence-corrected chi connectivity index (χ1v) is 9.01. The van der Waals surface area contributed by atoms with Crippen LogP contribution in [0.2, 0.25) is 0 Å². The molecule has 2 aromatic rings. The van der Waals surface area contributed by atoms with Crippen LogP contribution in [0, 0.1) is 11.6 Å². The minimum atomic E-state index is -4.48. The van der Waals surface area contributed by atoms with Crippen LogP contribution in [0.15, 0.2) is 36.4 Å². The molecule has 1 aromatic heterocycles. The summed E-state index contributed by atoms with van der Waals surface area (Å²) in [4.78, 5) is 16.5. The number of amides is 1. The van der Waals surface area contributed by atoms with Crippen molar-refractivity contribution in [1.82, 2.24) is 10.3 Å². The maximum absolute atomic E-state index is 13.9. The van der Waals surface area contributed by atoms with Crippen molar-refractivity contribution in [2.24, 2.45) is 0 Å². The molecule has 1 unspecified atom stereocenters. The summed E-state index contributed by atoms with van der Waals surface area (Å²) in [7, 11) is 0. The molecule has 0 saturated heterocycles. The number of benzene rings is 1. The quantitative estimate of drug-likeness (QED) is 0.674. The van der Waals surface area contributed by atoms with Crippen molar-refractivity contribution in [1.29, 1.82) is 0 Å². The third kappa shape index (κ3) is 5.42. The minimum Gasteiger partial charge on any atom is -0.468 e. The zero-order valence-corrected chi connectivity index (χ0v) is 15.5. The largest absolute Gasteiger partial charge is 0.468 e. The molecule has 1 saturated carbocycles. The first-order valence-electron chi connectivity index (χ1n) is 9.01. The maximum Gasteiger partial charge on any atom is 0.422 e. The van der Waals surface area contributed by atoms with E-state index in [-0.39, 0.29) is 23.8 Å². The smallest absolute Gasteiger partial charge is 0.422 e. The van der Waals surface area contributed by atoms with Crippen molar-refractivity contribution in [2.75, 3.05) is 6.61 Å². The van der Waals surface area contributed by atoms with Crippen molar-refractivity contribution in [3.8, 4) is 5.88 Å². The highest BCUT2D eigenvalue weighted by molar-refractivity contribution is 5.78. The highest BCUT2D eigenvalue weighted by atomic mass is 19.4. The Hall–Kier alpha value is -2.71. The van der Waals surface area contributed by atoms with Crippen molar-refractivity contribution < 1.29 is 31.5 Å². The molecule has 1 fully saturated rings. The fourth-order valence-corrected chi connectivity index (χ4v) is 3.09. The Morgan fingerprint density at radius 2 is 1.97 bits per heavy atom. The predicted molar refractivity (Wildman–Crippen MR) is 94.2 cm³/mol. The summed E-state index contributed by atoms with van der Waals surface area (Å²) in [6, 6.07) is 7.63. The second-order valence-corrected chi connectivity index (χ2v) is 7.17. The van der Waals surface area contributed by atoms with Gasteiger partial charge in [0.05, 0.1) is 11.2 Å². The van der Waals surface area contributed by atoms with Crippen LogP contribution >= 0.6 is 0 Å². The highest BCUT2D eigenvalue weighted by Crippen LogP contribution is 2.45. The number of carbonyl (C=O) groups excluding carboxylic acids is 1. The molecule has 1 aliphatic carbocycles. The monoisotopic (exact) mass is 414 g/mol. The third-order valence-corrected chi connectivity index (χ3v) is 4.71. The van der Waals surface area contributed by atoms with Gasteiger partial charge < -0.3 is 10.1 Å². The number of nitrogens with zero attached hydrogens (tertiary/aromatic N) is 1. The molecule has 0 aliphatic heterocycles. The summed E-state index contributed by atoms with van der Waals surface area (Å²) in [5.74, 6) is -2.44. The number of aromatic nitrogens is 1. The molecule has 9 heteroatoms. The van der Waals surface area contributed by atoms with E-state index < -0.39 is 35.9 Å². The van der Waals surface area contributed by atoms with E-state index in [0.29, 0.717) is 18.5 Å². The Morgan fingerprint density at radius 3 is 2.59 bits per heavy atom. The first-order chi connectivity index (χ1) is 13.6. The summed E-state index contributed by atoms with van der Waals surface area (Å²) in [6.45, 7) is 0.197. The number of nitrogens with one attached hydrogen (secondary N) is 1. The molecule has 1 aromatic carbocycles. The van der Waals surface area contributed by atoms with Gasteiger partial charge in [-0.15, -0.1) is 0 Å². The molecule has 1 amide bonds. The Balaban J connectivity index is 1.64. The van der Waals surface area contributed by atoms with Gasteiger partial charge in [-0.1, -0.05) is 19.1 Å². The highest BCUT2D eigenvalue weighted by Gasteiger charge is 2.47. The minimum absolute atomic E-state index is 0.0332. The van der Waals surface area contributed by atoms with Crippen LogP contribution in [0.3, 0.4) is 0 Å². The Labute approximate surface area is 164 Å². The molecule has 1 aliphatic rings. The number of rotatable bonds is 7. The molecule has 0 bridgehead atoms. The Kier molecular flexibility index (Phi) is 5.77.